The molecule has 0 aromatic heterocycles. The maximum absolute atomic E-state index is 12.9. The number of likely N-dealkylation sites (N-methyl/N-ethyl adjacent to an activating group) is 1. The van der Waals surface area contributed by atoms with Crippen molar-refractivity contribution in [2.45, 2.75) is 58.4 Å². The standard InChI is InChI=1S/C19H28N2O/c1-3-20-15(2)14-21(18-12-8-7-11-17(18)20)19(22)13-16-9-5-4-6-10-16/h7-8,11-12,15-16H,3-6,9-10,13-14H2,1-2H3. The number of benzene rings is 1. The molecule has 1 saturated carbocycles. The van der Waals surface area contributed by atoms with Gasteiger partial charge in [0.2, 0.25) is 5.91 Å². The highest BCUT2D eigenvalue weighted by Crippen LogP contribution is 2.36. The zero-order valence-corrected chi connectivity index (χ0v) is 13.9. The van der Waals surface area contributed by atoms with Gasteiger partial charge < -0.3 is 9.80 Å². The number of amides is 1. The summed E-state index contributed by atoms with van der Waals surface area (Å²) in [5.74, 6) is 0.926. The number of anilines is 2. The van der Waals surface area contributed by atoms with Crippen LogP contribution in [0.25, 0.3) is 0 Å². The summed E-state index contributed by atoms with van der Waals surface area (Å²) >= 11 is 0. The van der Waals surface area contributed by atoms with Gasteiger partial charge in [0.15, 0.2) is 0 Å². The number of hydrogen-bond donors (Lipinski definition) is 0. The van der Waals surface area contributed by atoms with Crippen molar-refractivity contribution >= 4 is 17.3 Å². The third kappa shape index (κ3) is 2.99. The lowest BCUT2D eigenvalue weighted by atomic mass is 9.86. The number of carbonyl (C=O) groups is 1. The van der Waals surface area contributed by atoms with Crippen molar-refractivity contribution < 1.29 is 4.79 Å². The summed E-state index contributed by atoms with van der Waals surface area (Å²) in [6.07, 6.45) is 7.14. The fourth-order valence-corrected chi connectivity index (χ4v) is 4.10. The Labute approximate surface area is 134 Å². The minimum absolute atomic E-state index is 0.321. The smallest absolute Gasteiger partial charge is 0.227 e. The molecule has 1 unspecified atom stereocenters. The lowest BCUT2D eigenvalue weighted by Gasteiger charge is -2.42. The van der Waals surface area contributed by atoms with E-state index in [4.69, 9.17) is 0 Å². The van der Waals surface area contributed by atoms with E-state index in [-0.39, 0.29) is 0 Å². The molecule has 3 heteroatoms. The first-order valence-corrected chi connectivity index (χ1v) is 8.86. The second kappa shape index (κ2) is 6.72. The fraction of sp³-hybridized carbons (Fsp3) is 0.632. The average Bonchev–Trinajstić information content (AvgIpc) is 2.55. The molecule has 0 bridgehead atoms. The van der Waals surface area contributed by atoms with Crippen LogP contribution in [0.5, 0.6) is 0 Å². The Kier molecular flexibility index (Phi) is 4.70. The molecule has 3 nitrogen and oxygen atoms in total. The van der Waals surface area contributed by atoms with Crippen LogP contribution >= 0.6 is 0 Å². The summed E-state index contributed by atoms with van der Waals surface area (Å²) in [6, 6.07) is 8.75. The summed E-state index contributed by atoms with van der Waals surface area (Å²) in [6.45, 7) is 6.21. The molecule has 0 spiro atoms. The van der Waals surface area contributed by atoms with E-state index < -0.39 is 0 Å². The lowest BCUT2D eigenvalue weighted by Crippen LogP contribution is -2.50. The maximum Gasteiger partial charge on any atom is 0.227 e. The molecule has 120 valence electrons. The first kappa shape index (κ1) is 15.4. The van der Waals surface area contributed by atoms with Gasteiger partial charge in [-0.25, -0.2) is 0 Å². The minimum atomic E-state index is 0.321. The van der Waals surface area contributed by atoms with E-state index in [0.29, 0.717) is 17.9 Å². The Morgan fingerprint density at radius 1 is 1.14 bits per heavy atom. The van der Waals surface area contributed by atoms with Crippen LogP contribution in [0, 0.1) is 5.92 Å². The predicted octanol–water partition coefficient (Wildman–Crippen LogP) is 4.22. The fourth-order valence-electron chi connectivity index (χ4n) is 4.10. The summed E-state index contributed by atoms with van der Waals surface area (Å²) in [4.78, 5) is 17.3. The summed E-state index contributed by atoms with van der Waals surface area (Å²) in [5, 5.41) is 0. The third-order valence-electron chi connectivity index (χ3n) is 5.29. The normalized spacial score (nSPS) is 22.5. The van der Waals surface area contributed by atoms with Gasteiger partial charge in [-0.3, -0.25) is 4.79 Å². The number of rotatable bonds is 3. The maximum atomic E-state index is 12.9. The third-order valence-corrected chi connectivity index (χ3v) is 5.29. The van der Waals surface area contributed by atoms with E-state index in [2.05, 4.69) is 36.9 Å². The molecule has 0 saturated heterocycles. The van der Waals surface area contributed by atoms with Gasteiger partial charge in [0.1, 0.15) is 0 Å². The number of para-hydroxylation sites is 2. The Balaban J connectivity index is 1.79. The highest BCUT2D eigenvalue weighted by atomic mass is 16.2. The number of hydrogen-bond acceptors (Lipinski definition) is 2. The number of carbonyl (C=O) groups excluding carboxylic acids is 1. The highest BCUT2D eigenvalue weighted by Gasteiger charge is 2.31. The zero-order valence-electron chi connectivity index (χ0n) is 13.9. The monoisotopic (exact) mass is 300 g/mol. The average molecular weight is 300 g/mol. The van der Waals surface area contributed by atoms with Crippen molar-refractivity contribution in [3.05, 3.63) is 24.3 Å². The Morgan fingerprint density at radius 3 is 2.50 bits per heavy atom. The Bertz CT molecular complexity index is 522. The molecule has 1 aliphatic carbocycles. The van der Waals surface area contributed by atoms with Gasteiger partial charge in [-0.15, -0.1) is 0 Å². The molecule has 1 aliphatic heterocycles. The summed E-state index contributed by atoms with van der Waals surface area (Å²) in [5.41, 5.74) is 2.31. The molecular weight excluding hydrogens is 272 g/mol. The molecule has 1 fully saturated rings. The van der Waals surface area contributed by atoms with E-state index in [1.54, 1.807) is 0 Å². The van der Waals surface area contributed by atoms with Crippen LogP contribution in [0.15, 0.2) is 24.3 Å². The van der Waals surface area contributed by atoms with Gasteiger partial charge in [0, 0.05) is 25.6 Å². The van der Waals surface area contributed by atoms with Crippen molar-refractivity contribution in [3.63, 3.8) is 0 Å². The van der Waals surface area contributed by atoms with E-state index in [1.807, 2.05) is 11.0 Å². The quantitative estimate of drug-likeness (QED) is 0.834. The molecular formula is C19H28N2O. The lowest BCUT2D eigenvalue weighted by molar-refractivity contribution is -0.119. The van der Waals surface area contributed by atoms with Gasteiger partial charge in [-0.05, 0) is 44.7 Å². The molecule has 1 heterocycles. The molecule has 3 rings (SSSR count). The number of fused-ring (bicyclic) bond motifs is 1. The molecule has 0 N–H and O–H groups in total. The molecule has 1 amide bonds. The van der Waals surface area contributed by atoms with E-state index >= 15 is 0 Å². The van der Waals surface area contributed by atoms with Crippen molar-refractivity contribution in [2.75, 3.05) is 22.9 Å². The van der Waals surface area contributed by atoms with Gasteiger partial charge in [0.25, 0.3) is 0 Å². The first-order chi connectivity index (χ1) is 10.7. The van der Waals surface area contributed by atoms with Crippen molar-refractivity contribution in [3.8, 4) is 0 Å². The SMILES string of the molecule is CCN1c2ccccc2N(C(=O)CC2CCCCC2)CC1C. The number of nitrogens with zero attached hydrogens (tertiary/aromatic N) is 2. The van der Waals surface area contributed by atoms with Crippen LogP contribution in [0.2, 0.25) is 0 Å². The van der Waals surface area contributed by atoms with Crippen molar-refractivity contribution in [1.29, 1.82) is 0 Å². The van der Waals surface area contributed by atoms with Crippen LogP contribution < -0.4 is 9.80 Å². The van der Waals surface area contributed by atoms with Gasteiger partial charge in [-0.2, -0.15) is 0 Å². The van der Waals surface area contributed by atoms with E-state index in [9.17, 15) is 4.79 Å². The summed E-state index contributed by atoms with van der Waals surface area (Å²) in [7, 11) is 0. The predicted molar refractivity (Wildman–Crippen MR) is 92.5 cm³/mol. The second-order valence-electron chi connectivity index (χ2n) is 6.84. The first-order valence-electron chi connectivity index (χ1n) is 8.86. The van der Waals surface area contributed by atoms with Gasteiger partial charge in [0.05, 0.1) is 11.4 Å². The molecule has 2 aliphatic rings. The van der Waals surface area contributed by atoms with Crippen molar-refractivity contribution in [2.24, 2.45) is 5.92 Å². The highest BCUT2D eigenvalue weighted by molar-refractivity contribution is 5.98. The summed E-state index contributed by atoms with van der Waals surface area (Å²) < 4.78 is 0. The molecule has 22 heavy (non-hydrogen) atoms. The van der Waals surface area contributed by atoms with Crippen LogP contribution in [0.3, 0.4) is 0 Å². The Hall–Kier alpha value is -1.51. The van der Waals surface area contributed by atoms with Gasteiger partial charge >= 0.3 is 0 Å². The molecule has 0 radical (unpaired) electrons. The molecule has 1 atom stereocenters. The van der Waals surface area contributed by atoms with E-state index in [1.165, 1.54) is 37.8 Å². The van der Waals surface area contributed by atoms with Gasteiger partial charge in [-0.1, -0.05) is 31.4 Å². The largest absolute Gasteiger partial charge is 0.366 e. The Morgan fingerprint density at radius 2 is 1.82 bits per heavy atom. The van der Waals surface area contributed by atoms with Crippen LogP contribution in [0.4, 0.5) is 11.4 Å². The van der Waals surface area contributed by atoms with Crippen LogP contribution in [-0.4, -0.2) is 25.0 Å². The minimum Gasteiger partial charge on any atom is -0.366 e. The van der Waals surface area contributed by atoms with Crippen LogP contribution in [0.1, 0.15) is 52.4 Å². The topological polar surface area (TPSA) is 23.6 Å². The molecule has 1 aromatic rings. The molecule has 1 aromatic carbocycles. The zero-order chi connectivity index (χ0) is 15.5. The van der Waals surface area contributed by atoms with Crippen LogP contribution in [-0.2, 0) is 4.79 Å². The van der Waals surface area contributed by atoms with Crippen molar-refractivity contribution in [1.82, 2.24) is 0 Å². The second-order valence-corrected chi connectivity index (χ2v) is 6.84. The van der Waals surface area contributed by atoms with E-state index in [0.717, 1.165) is 25.2 Å².